The number of carbonyl (C=O) groups is 1. The van der Waals surface area contributed by atoms with Gasteiger partial charge in [0.15, 0.2) is 0 Å². The molecule has 10 heteroatoms. The smallest absolute Gasteiger partial charge is 0.225 e. The predicted molar refractivity (Wildman–Crippen MR) is 147 cm³/mol. The van der Waals surface area contributed by atoms with E-state index in [0.717, 1.165) is 33.5 Å². The van der Waals surface area contributed by atoms with Crippen LogP contribution in [0, 0.1) is 5.92 Å². The van der Waals surface area contributed by atoms with E-state index in [4.69, 9.17) is 14.5 Å². The van der Waals surface area contributed by atoms with Crippen LogP contribution in [-0.4, -0.2) is 68.1 Å². The molecule has 1 N–H and O–H groups in total. The fourth-order valence-electron chi connectivity index (χ4n) is 5.26. The van der Waals surface area contributed by atoms with E-state index in [0.29, 0.717) is 31.9 Å². The number of methoxy groups -OCH3 is 1. The SMILES string of the molecule is COc1ccc2ncc(Nc3ccc([C@@H](C)N(C)C(=O)C4CCS(=O)(=O)CC4)cc3)c(C3(C)COC3)c2n1. The molecule has 0 aliphatic carbocycles. The van der Waals surface area contributed by atoms with E-state index in [2.05, 4.69) is 17.2 Å². The van der Waals surface area contributed by atoms with Crippen LogP contribution in [0.5, 0.6) is 5.88 Å². The molecule has 0 bridgehead atoms. The third-order valence-corrected chi connectivity index (χ3v) is 9.56. The number of rotatable bonds is 7. The van der Waals surface area contributed by atoms with Gasteiger partial charge < -0.3 is 19.7 Å². The van der Waals surface area contributed by atoms with Crippen LogP contribution in [0.25, 0.3) is 11.0 Å². The van der Waals surface area contributed by atoms with Gasteiger partial charge in [-0.2, -0.15) is 0 Å². The highest BCUT2D eigenvalue weighted by Gasteiger charge is 2.39. The molecule has 2 aromatic heterocycles. The van der Waals surface area contributed by atoms with Crippen LogP contribution in [0.2, 0.25) is 0 Å². The standard InChI is InChI=1S/C28H34N4O5S/c1-18(32(3)27(33)20-11-13-38(34,35)14-12-20)19-5-7-21(8-6-19)30-23-15-29-22-9-10-24(36-4)31-26(22)25(23)28(2)16-37-17-28/h5-10,15,18,20,30H,11-14,16-17H2,1-4H3/t18-/m1/s1. The Labute approximate surface area is 223 Å². The van der Waals surface area contributed by atoms with Gasteiger partial charge in [0.05, 0.1) is 60.8 Å². The fraction of sp³-hybridized carbons (Fsp3) is 0.464. The third kappa shape index (κ3) is 5.07. The van der Waals surface area contributed by atoms with Crippen molar-refractivity contribution in [3.63, 3.8) is 0 Å². The Hall–Kier alpha value is -3.24. The maximum atomic E-state index is 13.0. The van der Waals surface area contributed by atoms with E-state index in [-0.39, 0.29) is 34.8 Å². The van der Waals surface area contributed by atoms with Gasteiger partial charge in [0.25, 0.3) is 0 Å². The summed E-state index contributed by atoms with van der Waals surface area (Å²) < 4.78 is 34.4. The molecule has 0 spiro atoms. The van der Waals surface area contributed by atoms with Gasteiger partial charge in [-0.05, 0) is 43.5 Å². The number of ether oxygens (including phenoxy) is 2. The van der Waals surface area contributed by atoms with Crippen LogP contribution in [0.15, 0.2) is 42.6 Å². The van der Waals surface area contributed by atoms with Gasteiger partial charge in [-0.1, -0.05) is 19.1 Å². The highest BCUT2D eigenvalue weighted by molar-refractivity contribution is 7.91. The summed E-state index contributed by atoms with van der Waals surface area (Å²) in [6, 6.07) is 11.6. The lowest BCUT2D eigenvalue weighted by molar-refractivity contribution is -0.136. The predicted octanol–water partition coefficient (Wildman–Crippen LogP) is 4.01. The number of fused-ring (bicyclic) bond motifs is 1. The molecule has 3 aromatic rings. The van der Waals surface area contributed by atoms with Gasteiger partial charge in [0, 0.05) is 35.7 Å². The number of benzene rings is 1. The van der Waals surface area contributed by atoms with Crippen molar-refractivity contribution in [3.8, 4) is 5.88 Å². The second kappa shape index (κ2) is 10.1. The van der Waals surface area contributed by atoms with Crippen LogP contribution in [-0.2, 0) is 24.8 Å². The zero-order valence-electron chi connectivity index (χ0n) is 22.2. The van der Waals surface area contributed by atoms with Crippen molar-refractivity contribution in [3.05, 3.63) is 53.7 Å². The number of nitrogens with zero attached hydrogens (tertiary/aromatic N) is 3. The highest BCUT2D eigenvalue weighted by atomic mass is 32.2. The lowest BCUT2D eigenvalue weighted by Gasteiger charge is -2.40. The number of hydrogen-bond donors (Lipinski definition) is 1. The fourth-order valence-corrected chi connectivity index (χ4v) is 6.75. The summed E-state index contributed by atoms with van der Waals surface area (Å²) in [5, 5.41) is 3.52. The zero-order valence-corrected chi connectivity index (χ0v) is 23.0. The summed E-state index contributed by atoms with van der Waals surface area (Å²) in [5.74, 6) is 0.472. The van der Waals surface area contributed by atoms with E-state index in [1.165, 1.54) is 0 Å². The first-order valence-electron chi connectivity index (χ1n) is 12.9. The molecule has 2 aliphatic heterocycles. The summed E-state index contributed by atoms with van der Waals surface area (Å²) in [6.07, 6.45) is 2.63. The number of sulfone groups is 1. The van der Waals surface area contributed by atoms with Crippen LogP contribution in [0.3, 0.4) is 0 Å². The zero-order chi connectivity index (χ0) is 27.1. The molecule has 9 nitrogen and oxygen atoms in total. The molecule has 2 saturated heterocycles. The first-order chi connectivity index (χ1) is 18.1. The van der Waals surface area contributed by atoms with Gasteiger partial charge in [0.2, 0.25) is 11.8 Å². The average Bonchev–Trinajstić information content (AvgIpc) is 2.90. The molecule has 202 valence electrons. The van der Waals surface area contributed by atoms with Crippen molar-refractivity contribution < 1.29 is 22.7 Å². The van der Waals surface area contributed by atoms with Crippen LogP contribution in [0.1, 0.15) is 43.9 Å². The second-order valence-corrected chi connectivity index (χ2v) is 12.9. The molecule has 2 fully saturated rings. The van der Waals surface area contributed by atoms with E-state index < -0.39 is 9.84 Å². The lowest BCUT2D eigenvalue weighted by atomic mass is 9.79. The van der Waals surface area contributed by atoms with Crippen molar-refractivity contribution in [1.29, 1.82) is 0 Å². The normalized spacial score (nSPS) is 19.4. The minimum atomic E-state index is -3.00. The first kappa shape index (κ1) is 26.4. The Morgan fingerprint density at radius 3 is 2.45 bits per heavy atom. The second-order valence-electron chi connectivity index (χ2n) is 10.6. The molecule has 1 aromatic carbocycles. The number of carbonyl (C=O) groups excluding carboxylic acids is 1. The van der Waals surface area contributed by atoms with E-state index >= 15 is 0 Å². The molecular weight excluding hydrogens is 504 g/mol. The molecule has 38 heavy (non-hydrogen) atoms. The summed E-state index contributed by atoms with van der Waals surface area (Å²) in [7, 11) is 0.388. The minimum absolute atomic E-state index is 0.000343. The Morgan fingerprint density at radius 1 is 1.16 bits per heavy atom. The summed E-state index contributed by atoms with van der Waals surface area (Å²) in [5.41, 5.74) is 5.19. The molecule has 1 amide bonds. The average molecular weight is 539 g/mol. The molecule has 1 atom stereocenters. The highest BCUT2D eigenvalue weighted by Crippen LogP contribution is 2.41. The van der Waals surface area contributed by atoms with Crippen molar-refractivity contribution in [2.24, 2.45) is 5.92 Å². The maximum Gasteiger partial charge on any atom is 0.225 e. The third-order valence-electron chi connectivity index (χ3n) is 7.85. The lowest BCUT2D eigenvalue weighted by Crippen LogP contribution is -2.44. The van der Waals surface area contributed by atoms with Gasteiger partial charge >= 0.3 is 0 Å². The van der Waals surface area contributed by atoms with Crippen molar-refractivity contribution in [2.45, 2.75) is 38.1 Å². The molecule has 4 heterocycles. The van der Waals surface area contributed by atoms with Crippen LogP contribution < -0.4 is 10.1 Å². The summed E-state index contributed by atoms with van der Waals surface area (Å²) in [4.78, 5) is 24.1. The molecular formula is C28H34N4O5S. The van der Waals surface area contributed by atoms with Crippen molar-refractivity contribution in [2.75, 3.05) is 44.2 Å². The Morgan fingerprint density at radius 2 is 1.84 bits per heavy atom. The Bertz CT molecular complexity index is 1440. The number of hydrogen-bond acceptors (Lipinski definition) is 8. The summed E-state index contributed by atoms with van der Waals surface area (Å²) >= 11 is 0. The van der Waals surface area contributed by atoms with Crippen LogP contribution in [0.4, 0.5) is 11.4 Å². The molecule has 2 aliphatic rings. The van der Waals surface area contributed by atoms with E-state index in [1.54, 1.807) is 19.1 Å². The molecule has 5 rings (SSSR count). The number of aromatic nitrogens is 2. The Kier molecular flexibility index (Phi) is 7.04. The molecule has 0 saturated carbocycles. The minimum Gasteiger partial charge on any atom is -0.481 e. The number of nitrogens with one attached hydrogen (secondary N) is 1. The quantitative estimate of drug-likeness (QED) is 0.480. The Balaban J connectivity index is 1.35. The number of pyridine rings is 2. The van der Waals surface area contributed by atoms with Gasteiger partial charge in [0.1, 0.15) is 9.84 Å². The topological polar surface area (TPSA) is 111 Å². The van der Waals surface area contributed by atoms with Crippen molar-refractivity contribution in [1.82, 2.24) is 14.9 Å². The largest absolute Gasteiger partial charge is 0.481 e. The van der Waals surface area contributed by atoms with Gasteiger partial charge in [-0.25, -0.2) is 13.4 Å². The van der Waals surface area contributed by atoms with Crippen LogP contribution >= 0.6 is 0 Å². The van der Waals surface area contributed by atoms with Crippen molar-refractivity contribution >= 4 is 38.2 Å². The molecule has 0 radical (unpaired) electrons. The maximum absolute atomic E-state index is 13.0. The monoisotopic (exact) mass is 538 g/mol. The number of anilines is 2. The van der Waals surface area contributed by atoms with E-state index in [1.807, 2.05) is 49.5 Å². The van der Waals surface area contributed by atoms with E-state index in [9.17, 15) is 13.2 Å². The molecule has 0 unspecified atom stereocenters. The number of amides is 1. The first-order valence-corrected chi connectivity index (χ1v) is 14.7. The van der Waals surface area contributed by atoms with Gasteiger partial charge in [-0.15, -0.1) is 0 Å². The van der Waals surface area contributed by atoms with Gasteiger partial charge in [-0.3, -0.25) is 9.78 Å². The summed E-state index contributed by atoms with van der Waals surface area (Å²) in [6.45, 7) is 5.35.